The summed E-state index contributed by atoms with van der Waals surface area (Å²) in [7, 11) is 0. The van der Waals surface area contributed by atoms with Crippen LogP contribution in [-0.2, 0) is 15.3 Å². The molecule has 0 radical (unpaired) electrons. The summed E-state index contributed by atoms with van der Waals surface area (Å²) in [5.41, 5.74) is 1.57. The van der Waals surface area contributed by atoms with Gasteiger partial charge in [-0.1, -0.05) is 35.9 Å². The number of nitrogens with zero attached hydrogens (tertiary/aromatic N) is 1. The van der Waals surface area contributed by atoms with Crippen LogP contribution in [0.4, 0.5) is 11.4 Å². The number of hydrogen-bond donors (Lipinski definition) is 1. The van der Waals surface area contributed by atoms with Gasteiger partial charge in [-0.15, -0.1) is 11.8 Å². The smallest absolute Gasteiger partial charge is 0.250 e. The zero-order valence-electron chi connectivity index (χ0n) is 15.0. The summed E-state index contributed by atoms with van der Waals surface area (Å²) in [5, 5.41) is 3.29. The number of thioether (sulfide) groups is 1. The fourth-order valence-electron chi connectivity index (χ4n) is 2.90. The number of hydrogen-bond acceptors (Lipinski definition) is 3. The third kappa shape index (κ3) is 3.60. The van der Waals surface area contributed by atoms with Crippen molar-refractivity contribution in [1.29, 1.82) is 0 Å². The van der Waals surface area contributed by atoms with E-state index in [2.05, 4.69) is 5.32 Å². The molecule has 0 saturated heterocycles. The van der Waals surface area contributed by atoms with E-state index in [0.717, 1.165) is 11.3 Å². The Kier molecular flexibility index (Phi) is 5.30. The lowest BCUT2D eigenvalue weighted by Crippen LogP contribution is -2.60. The lowest BCUT2D eigenvalue weighted by atomic mass is 9.96. The number of para-hydroxylation sites is 2. The van der Waals surface area contributed by atoms with Gasteiger partial charge in [-0.2, -0.15) is 0 Å². The molecule has 0 spiro atoms. The van der Waals surface area contributed by atoms with Crippen LogP contribution in [0.25, 0.3) is 0 Å². The summed E-state index contributed by atoms with van der Waals surface area (Å²) in [6.45, 7) is 5.42. The molecule has 0 aromatic heterocycles. The Bertz CT molecular complexity index is 836. The third-order valence-electron chi connectivity index (χ3n) is 4.49. The number of carbonyl (C=O) groups excluding carboxylic acids is 2. The molecule has 0 fully saturated rings. The predicted molar refractivity (Wildman–Crippen MR) is 109 cm³/mol. The highest BCUT2D eigenvalue weighted by atomic mass is 35.5. The second-order valence-corrected chi connectivity index (χ2v) is 8.55. The lowest BCUT2D eigenvalue weighted by molar-refractivity contribution is -0.126. The maximum Gasteiger partial charge on any atom is 0.250 e. The maximum absolute atomic E-state index is 13.2. The van der Waals surface area contributed by atoms with Crippen molar-refractivity contribution in [2.75, 3.05) is 10.2 Å². The Balaban J connectivity index is 1.80. The normalized spacial score (nSPS) is 16.6. The molecule has 2 amide bonds. The molecule has 2 aromatic rings. The van der Waals surface area contributed by atoms with Crippen LogP contribution < -0.4 is 10.2 Å². The van der Waals surface area contributed by atoms with Crippen LogP contribution in [0.15, 0.2) is 48.5 Å². The number of anilines is 2. The third-order valence-corrected chi connectivity index (χ3v) is 5.94. The molecule has 0 bridgehead atoms. The Labute approximate surface area is 162 Å². The first-order valence-corrected chi connectivity index (χ1v) is 9.84. The number of carbonyl (C=O) groups is 2. The van der Waals surface area contributed by atoms with Crippen molar-refractivity contribution in [3.63, 3.8) is 0 Å². The molecule has 3 rings (SSSR count). The van der Waals surface area contributed by atoms with Gasteiger partial charge in [0.1, 0.15) is 5.54 Å². The molecule has 0 unspecified atom stereocenters. The topological polar surface area (TPSA) is 49.4 Å². The van der Waals surface area contributed by atoms with Crippen LogP contribution in [0, 0.1) is 0 Å². The van der Waals surface area contributed by atoms with Gasteiger partial charge in [-0.25, -0.2) is 0 Å². The van der Waals surface area contributed by atoms with Gasteiger partial charge in [0.15, 0.2) is 0 Å². The van der Waals surface area contributed by atoms with Gasteiger partial charge in [-0.05, 0) is 50.6 Å². The molecule has 136 valence electrons. The van der Waals surface area contributed by atoms with Crippen molar-refractivity contribution in [2.24, 2.45) is 0 Å². The van der Waals surface area contributed by atoms with Gasteiger partial charge in [0.2, 0.25) is 11.8 Å². The van der Waals surface area contributed by atoms with Crippen molar-refractivity contribution in [1.82, 2.24) is 0 Å². The highest BCUT2D eigenvalue weighted by Gasteiger charge is 2.44. The van der Waals surface area contributed by atoms with Crippen molar-refractivity contribution in [3.8, 4) is 0 Å². The highest BCUT2D eigenvalue weighted by molar-refractivity contribution is 7.99. The standard InChI is InChI=1S/C20H21ClN2O2S/c1-13(26-12-14-8-10-15(21)11-9-14)18(24)23-17-7-5-4-6-16(17)22-19(25)20(23,2)3/h4-11,13H,12H2,1-3H3,(H,22,25)/t13-/m1/s1. The SMILES string of the molecule is C[C@@H](SCc1ccc(Cl)cc1)C(=O)N1c2ccccc2NC(=O)C1(C)C. The van der Waals surface area contributed by atoms with E-state index >= 15 is 0 Å². The van der Waals surface area contributed by atoms with Crippen molar-refractivity contribution >= 4 is 46.6 Å². The van der Waals surface area contributed by atoms with E-state index in [-0.39, 0.29) is 17.1 Å². The summed E-state index contributed by atoms with van der Waals surface area (Å²) < 4.78 is 0. The first-order valence-electron chi connectivity index (χ1n) is 8.41. The molecule has 0 saturated carbocycles. The first kappa shape index (κ1) is 18.8. The summed E-state index contributed by atoms with van der Waals surface area (Å²) in [5.74, 6) is 0.447. The van der Waals surface area contributed by atoms with Gasteiger partial charge in [0.25, 0.3) is 0 Å². The van der Waals surface area contributed by atoms with Crippen LogP contribution in [0.1, 0.15) is 26.3 Å². The fourth-order valence-corrected chi connectivity index (χ4v) is 3.91. The molecular weight excluding hydrogens is 368 g/mol. The minimum Gasteiger partial charge on any atom is -0.322 e. The first-order chi connectivity index (χ1) is 12.3. The summed E-state index contributed by atoms with van der Waals surface area (Å²) >= 11 is 7.46. The number of nitrogens with one attached hydrogen (secondary N) is 1. The van der Waals surface area contributed by atoms with E-state index in [1.54, 1.807) is 30.5 Å². The lowest BCUT2D eigenvalue weighted by Gasteiger charge is -2.43. The Hall–Kier alpha value is -1.98. The molecular formula is C20H21ClN2O2S. The molecule has 1 heterocycles. The van der Waals surface area contributed by atoms with Crippen LogP contribution in [0.2, 0.25) is 5.02 Å². The van der Waals surface area contributed by atoms with E-state index in [0.29, 0.717) is 16.5 Å². The van der Waals surface area contributed by atoms with Gasteiger partial charge in [0.05, 0.1) is 16.6 Å². The van der Waals surface area contributed by atoms with Gasteiger partial charge in [-0.3, -0.25) is 14.5 Å². The second kappa shape index (κ2) is 7.33. The summed E-state index contributed by atoms with van der Waals surface area (Å²) in [6, 6.07) is 15.0. The number of halogens is 1. The molecule has 1 atom stereocenters. The molecule has 6 heteroatoms. The van der Waals surface area contributed by atoms with E-state index in [1.807, 2.05) is 55.5 Å². The Morgan fingerprint density at radius 2 is 1.85 bits per heavy atom. The highest BCUT2D eigenvalue weighted by Crippen LogP contribution is 2.38. The molecule has 2 aromatic carbocycles. The largest absolute Gasteiger partial charge is 0.322 e. The van der Waals surface area contributed by atoms with Gasteiger partial charge < -0.3 is 5.32 Å². The van der Waals surface area contributed by atoms with Crippen LogP contribution in [0.3, 0.4) is 0 Å². The van der Waals surface area contributed by atoms with E-state index in [4.69, 9.17) is 11.6 Å². The summed E-state index contributed by atoms with van der Waals surface area (Å²) in [6.07, 6.45) is 0. The monoisotopic (exact) mass is 388 g/mol. The summed E-state index contributed by atoms with van der Waals surface area (Å²) in [4.78, 5) is 27.3. The molecule has 26 heavy (non-hydrogen) atoms. The zero-order chi connectivity index (χ0) is 18.9. The second-order valence-electron chi connectivity index (χ2n) is 6.78. The van der Waals surface area contributed by atoms with Crippen LogP contribution in [0.5, 0.6) is 0 Å². The number of amides is 2. The Morgan fingerprint density at radius 3 is 2.54 bits per heavy atom. The van der Waals surface area contributed by atoms with Crippen molar-refractivity contribution < 1.29 is 9.59 Å². The maximum atomic E-state index is 13.2. The average molecular weight is 389 g/mol. The quantitative estimate of drug-likeness (QED) is 0.823. The number of benzene rings is 2. The van der Waals surface area contributed by atoms with Crippen LogP contribution in [-0.4, -0.2) is 22.6 Å². The minimum atomic E-state index is -0.944. The van der Waals surface area contributed by atoms with Gasteiger partial charge in [0, 0.05) is 10.8 Å². The van der Waals surface area contributed by atoms with Crippen molar-refractivity contribution in [3.05, 3.63) is 59.1 Å². The predicted octanol–water partition coefficient (Wildman–Crippen LogP) is 4.73. The minimum absolute atomic E-state index is 0.0729. The fraction of sp³-hybridized carbons (Fsp3) is 0.300. The van der Waals surface area contributed by atoms with Gasteiger partial charge >= 0.3 is 0 Å². The van der Waals surface area contributed by atoms with Crippen molar-refractivity contribution in [2.45, 2.75) is 37.3 Å². The van der Waals surface area contributed by atoms with Crippen LogP contribution >= 0.6 is 23.4 Å². The van der Waals surface area contributed by atoms with E-state index in [1.165, 1.54) is 0 Å². The molecule has 4 nitrogen and oxygen atoms in total. The number of fused-ring (bicyclic) bond motifs is 1. The van der Waals surface area contributed by atoms with E-state index in [9.17, 15) is 9.59 Å². The Morgan fingerprint density at radius 1 is 1.19 bits per heavy atom. The molecule has 1 aliphatic rings. The average Bonchev–Trinajstić information content (AvgIpc) is 2.61. The van der Waals surface area contributed by atoms with E-state index < -0.39 is 5.54 Å². The molecule has 1 N–H and O–H groups in total. The molecule has 0 aliphatic carbocycles. The number of rotatable bonds is 4. The zero-order valence-corrected chi connectivity index (χ0v) is 16.5. The molecule has 1 aliphatic heterocycles.